The predicted octanol–water partition coefficient (Wildman–Crippen LogP) is 3.16. The third-order valence-electron chi connectivity index (χ3n) is 7.85. The molecular weight excluding hydrogens is 472 g/mol. The van der Waals surface area contributed by atoms with Gasteiger partial charge in [-0.05, 0) is 47.9 Å². The van der Waals surface area contributed by atoms with Crippen LogP contribution in [0.25, 0.3) is 5.57 Å². The number of fused-ring (bicyclic) bond motifs is 2. The highest BCUT2D eigenvalue weighted by molar-refractivity contribution is 6.03. The van der Waals surface area contributed by atoms with Gasteiger partial charge in [-0.25, -0.2) is 4.98 Å². The van der Waals surface area contributed by atoms with E-state index in [0.717, 1.165) is 30.4 Å². The Morgan fingerprint density at radius 1 is 1.22 bits per heavy atom. The lowest BCUT2D eigenvalue weighted by Gasteiger charge is -2.47. The van der Waals surface area contributed by atoms with Gasteiger partial charge in [-0.3, -0.25) is 4.79 Å². The number of aromatic amines is 1. The number of aliphatic hydroxyl groups is 3. The van der Waals surface area contributed by atoms with Gasteiger partial charge in [0.05, 0.1) is 18.8 Å². The van der Waals surface area contributed by atoms with E-state index in [-0.39, 0.29) is 43.0 Å². The number of nitriles is 1. The van der Waals surface area contributed by atoms with Crippen molar-refractivity contribution in [2.24, 2.45) is 5.41 Å². The van der Waals surface area contributed by atoms with E-state index >= 15 is 0 Å². The third kappa shape index (κ3) is 4.62. The molecule has 1 aromatic heterocycles. The number of aliphatic hydroxyl groups excluding tert-OH is 2. The average Bonchev–Trinajstić information content (AvgIpc) is 3.48. The zero-order chi connectivity index (χ0) is 26.5. The first kappa shape index (κ1) is 25.4. The number of allylic oxidation sites excluding steroid dienone is 2. The van der Waals surface area contributed by atoms with Crippen LogP contribution in [-0.4, -0.2) is 55.6 Å². The molecule has 3 aliphatic rings. The normalized spacial score (nSPS) is 30.0. The summed E-state index contributed by atoms with van der Waals surface area (Å²) in [4.78, 5) is 19.6. The Morgan fingerprint density at radius 3 is 2.49 bits per heavy atom. The smallest absolute Gasteiger partial charge is 0.291 e. The number of carbonyl (C=O) groups excluding carboxylic acids is 1. The molecule has 37 heavy (non-hydrogen) atoms. The summed E-state index contributed by atoms with van der Waals surface area (Å²) in [6.45, 7) is 3.81. The molecule has 9 nitrogen and oxygen atoms in total. The number of H-pyrrole nitrogens is 1. The number of rotatable bonds is 6. The van der Waals surface area contributed by atoms with E-state index in [9.17, 15) is 20.1 Å². The number of aromatic nitrogens is 2. The van der Waals surface area contributed by atoms with Gasteiger partial charge in [0.1, 0.15) is 17.3 Å². The Labute approximate surface area is 215 Å². The van der Waals surface area contributed by atoms with Crippen LogP contribution in [0.15, 0.2) is 42.6 Å². The molecule has 5 rings (SSSR count). The fourth-order valence-electron chi connectivity index (χ4n) is 5.71. The van der Waals surface area contributed by atoms with Crippen molar-refractivity contribution in [2.45, 2.75) is 62.8 Å². The van der Waals surface area contributed by atoms with Crippen molar-refractivity contribution in [1.82, 2.24) is 9.97 Å². The van der Waals surface area contributed by atoms with E-state index in [2.05, 4.69) is 35.2 Å². The molecule has 3 heterocycles. The number of benzene rings is 1. The maximum atomic E-state index is 12.9. The minimum atomic E-state index is -1.37. The first-order valence-electron chi connectivity index (χ1n) is 12.5. The van der Waals surface area contributed by atoms with Crippen LogP contribution in [0.1, 0.15) is 73.4 Å². The van der Waals surface area contributed by atoms with Crippen molar-refractivity contribution in [1.29, 1.82) is 5.26 Å². The van der Waals surface area contributed by atoms with Crippen molar-refractivity contribution in [3.63, 3.8) is 0 Å². The lowest BCUT2D eigenvalue weighted by Crippen LogP contribution is -2.55. The summed E-state index contributed by atoms with van der Waals surface area (Å²) >= 11 is 0. The molecule has 0 spiro atoms. The van der Waals surface area contributed by atoms with Gasteiger partial charge in [0.2, 0.25) is 0 Å². The Kier molecular flexibility index (Phi) is 6.12. The van der Waals surface area contributed by atoms with Crippen LogP contribution in [0, 0.1) is 16.7 Å². The zero-order valence-corrected chi connectivity index (χ0v) is 21.0. The summed E-state index contributed by atoms with van der Waals surface area (Å²) in [6.07, 6.45) is 9.97. The summed E-state index contributed by atoms with van der Waals surface area (Å²) < 4.78 is 6.02. The minimum absolute atomic E-state index is 0.0332. The number of carbonyl (C=O) groups is 1. The van der Waals surface area contributed by atoms with Gasteiger partial charge in [0, 0.05) is 30.3 Å². The lowest BCUT2D eigenvalue weighted by atomic mass is 9.73. The molecule has 1 saturated heterocycles. The molecule has 1 aromatic carbocycles. The molecule has 9 heteroatoms. The van der Waals surface area contributed by atoms with Crippen LogP contribution < -0.4 is 5.32 Å². The van der Waals surface area contributed by atoms with Crippen molar-refractivity contribution >= 4 is 17.2 Å². The number of amides is 1. The van der Waals surface area contributed by atoms with E-state index in [1.165, 1.54) is 6.20 Å². The highest BCUT2D eigenvalue weighted by Gasteiger charge is 2.57. The highest BCUT2D eigenvalue weighted by atomic mass is 16.6. The van der Waals surface area contributed by atoms with Gasteiger partial charge in [-0.1, -0.05) is 38.1 Å². The number of nitrogens with zero attached hydrogens (tertiary/aromatic N) is 2. The Morgan fingerprint density at radius 2 is 1.92 bits per heavy atom. The van der Waals surface area contributed by atoms with Crippen LogP contribution in [0.5, 0.6) is 0 Å². The first-order chi connectivity index (χ1) is 17.5. The number of nitrogens with one attached hydrogen (secondary N) is 2. The molecule has 0 saturated carbocycles. The molecule has 2 bridgehead atoms. The summed E-state index contributed by atoms with van der Waals surface area (Å²) in [7, 11) is 0. The molecule has 194 valence electrons. The standard InChI is InChI=1S/C28H32N4O5/c1-25(2)7-5-18(6-8-25)21-11-19(3-4-22(21)32-24(35)23-30-13-20(12-29)31-23)28(36)14-26(16-33)9-10-27(15-28,17-34)37-26/h3-5,9-11,13,33-34,36H,6-8,14-17H2,1-2H3,(H,30,31)(H,32,35)/t26-,27+,28+. The molecule has 2 aliphatic heterocycles. The molecule has 1 aliphatic carbocycles. The highest BCUT2D eigenvalue weighted by Crippen LogP contribution is 2.52. The molecule has 0 radical (unpaired) electrons. The van der Waals surface area contributed by atoms with Crippen LogP contribution >= 0.6 is 0 Å². The number of hydrogen-bond acceptors (Lipinski definition) is 7. The first-order valence-corrected chi connectivity index (χ1v) is 12.5. The topological polar surface area (TPSA) is 151 Å². The molecular formula is C28H32N4O5. The summed E-state index contributed by atoms with van der Waals surface area (Å²) in [5, 5.41) is 44.0. The van der Waals surface area contributed by atoms with E-state index in [1.807, 2.05) is 12.1 Å². The minimum Gasteiger partial charge on any atom is -0.393 e. The Hall–Kier alpha value is -3.29. The second kappa shape index (κ2) is 8.92. The Bertz CT molecular complexity index is 1310. The van der Waals surface area contributed by atoms with E-state index in [4.69, 9.17) is 10.00 Å². The Balaban J connectivity index is 1.53. The molecule has 1 fully saturated rings. The number of imidazole rings is 1. The van der Waals surface area contributed by atoms with Crippen LogP contribution in [-0.2, 0) is 10.3 Å². The van der Waals surface area contributed by atoms with Gasteiger partial charge in [-0.15, -0.1) is 0 Å². The fraction of sp³-hybridized carbons (Fsp3) is 0.464. The van der Waals surface area contributed by atoms with Gasteiger partial charge in [-0.2, -0.15) is 5.26 Å². The average molecular weight is 505 g/mol. The maximum absolute atomic E-state index is 12.9. The monoisotopic (exact) mass is 504 g/mol. The SMILES string of the molecule is CC1(C)CC=C(c2cc([C@]3(O)C[C@@]4(CO)C=C[C@@](CO)(C3)O4)ccc2NC(=O)c2nc(C#N)c[nH]2)CC1. The van der Waals surface area contributed by atoms with Gasteiger partial charge < -0.3 is 30.4 Å². The maximum Gasteiger partial charge on any atom is 0.291 e. The van der Waals surface area contributed by atoms with Crippen molar-refractivity contribution in [3.05, 3.63) is 65.3 Å². The van der Waals surface area contributed by atoms with Crippen LogP contribution in [0.3, 0.4) is 0 Å². The molecule has 3 atom stereocenters. The second-order valence-corrected chi connectivity index (χ2v) is 11.3. The van der Waals surface area contributed by atoms with Gasteiger partial charge in [0.15, 0.2) is 11.5 Å². The van der Waals surface area contributed by atoms with Gasteiger partial charge >= 0.3 is 0 Å². The summed E-state index contributed by atoms with van der Waals surface area (Å²) in [6, 6.07) is 7.32. The van der Waals surface area contributed by atoms with Crippen molar-refractivity contribution < 1.29 is 24.9 Å². The fourth-order valence-corrected chi connectivity index (χ4v) is 5.71. The molecule has 0 unspecified atom stereocenters. The van der Waals surface area contributed by atoms with Crippen molar-refractivity contribution in [3.8, 4) is 6.07 Å². The molecule has 2 aromatic rings. The number of hydrogen-bond donors (Lipinski definition) is 5. The lowest BCUT2D eigenvalue weighted by molar-refractivity contribution is -0.220. The second-order valence-electron chi connectivity index (χ2n) is 11.3. The van der Waals surface area contributed by atoms with Crippen LogP contribution in [0.2, 0.25) is 0 Å². The number of anilines is 1. The quantitative estimate of drug-likeness (QED) is 0.379. The van der Waals surface area contributed by atoms with E-state index in [1.54, 1.807) is 24.3 Å². The predicted molar refractivity (Wildman–Crippen MR) is 136 cm³/mol. The number of ether oxygens (including phenoxy) is 1. The van der Waals surface area contributed by atoms with E-state index < -0.39 is 22.7 Å². The van der Waals surface area contributed by atoms with Crippen molar-refractivity contribution in [2.75, 3.05) is 18.5 Å². The summed E-state index contributed by atoms with van der Waals surface area (Å²) in [5.74, 6) is -0.441. The van der Waals surface area contributed by atoms with Crippen LogP contribution in [0.4, 0.5) is 5.69 Å². The molecule has 1 amide bonds. The summed E-state index contributed by atoms with van der Waals surface area (Å²) in [5.41, 5.74) is -0.163. The largest absolute Gasteiger partial charge is 0.393 e. The third-order valence-corrected chi connectivity index (χ3v) is 7.85. The van der Waals surface area contributed by atoms with E-state index in [0.29, 0.717) is 11.3 Å². The molecule has 5 N–H and O–H groups in total. The zero-order valence-electron chi connectivity index (χ0n) is 21.0. The van der Waals surface area contributed by atoms with Gasteiger partial charge in [0.25, 0.3) is 5.91 Å².